The van der Waals surface area contributed by atoms with Crippen LogP contribution in [0.4, 0.5) is 0 Å². The Hall–Kier alpha value is -0.250. The zero-order valence-electron chi connectivity index (χ0n) is 7.57. The van der Waals surface area contributed by atoms with E-state index in [1.165, 1.54) is 0 Å². The number of thiol groups is 1. The van der Waals surface area contributed by atoms with E-state index in [1.807, 2.05) is 16.4 Å². The van der Waals surface area contributed by atoms with Gasteiger partial charge in [0.05, 0.1) is 17.3 Å². The summed E-state index contributed by atoms with van der Waals surface area (Å²) in [6.45, 7) is 3.85. The number of hydrogen-bond acceptors (Lipinski definition) is 3. The fraction of sp³-hybridized carbons (Fsp3) is 0.444. The van der Waals surface area contributed by atoms with E-state index in [0.29, 0.717) is 5.02 Å². The molecule has 0 aromatic carbocycles. The highest BCUT2D eigenvalue weighted by Gasteiger charge is 2.00. The molecular formula is C9H13ClN2S. The van der Waals surface area contributed by atoms with Crippen molar-refractivity contribution in [1.82, 2.24) is 9.29 Å². The lowest BCUT2D eigenvalue weighted by molar-refractivity contribution is 0.465. The van der Waals surface area contributed by atoms with Gasteiger partial charge in [-0.2, -0.15) is 0 Å². The third-order valence-corrected chi connectivity index (χ3v) is 2.18. The zero-order valence-corrected chi connectivity index (χ0v) is 9.22. The van der Waals surface area contributed by atoms with Crippen LogP contribution in [0.15, 0.2) is 18.3 Å². The van der Waals surface area contributed by atoms with Crippen molar-refractivity contribution in [3.63, 3.8) is 0 Å². The summed E-state index contributed by atoms with van der Waals surface area (Å²) in [5, 5.41) is 0.671. The Morgan fingerprint density at radius 1 is 1.54 bits per heavy atom. The maximum Gasteiger partial charge on any atom is 0.0589 e. The number of halogens is 1. The average molecular weight is 217 g/mol. The Labute approximate surface area is 89.5 Å². The highest BCUT2D eigenvalue weighted by Crippen LogP contribution is 2.09. The molecule has 0 fully saturated rings. The van der Waals surface area contributed by atoms with Crippen molar-refractivity contribution in [3.8, 4) is 0 Å². The van der Waals surface area contributed by atoms with Crippen molar-refractivity contribution < 1.29 is 0 Å². The third kappa shape index (κ3) is 3.98. The minimum absolute atomic E-state index is 0.671. The molecule has 0 unspecified atom stereocenters. The molecule has 4 heteroatoms. The number of nitrogens with zero attached hydrogens (tertiary/aromatic N) is 2. The van der Waals surface area contributed by atoms with Gasteiger partial charge >= 0.3 is 0 Å². The average Bonchev–Trinajstić information content (AvgIpc) is 2.09. The molecule has 1 rings (SSSR count). The molecule has 0 atom stereocenters. The van der Waals surface area contributed by atoms with Crippen LogP contribution in [-0.2, 0) is 6.54 Å². The lowest BCUT2D eigenvalue weighted by Crippen LogP contribution is -2.13. The van der Waals surface area contributed by atoms with Crippen molar-refractivity contribution in [1.29, 1.82) is 0 Å². The van der Waals surface area contributed by atoms with Crippen LogP contribution < -0.4 is 0 Å². The molecule has 0 N–H and O–H groups in total. The Morgan fingerprint density at radius 2 is 2.31 bits per heavy atom. The Morgan fingerprint density at radius 3 is 2.85 bits per heavy atom. The SMILES string of the molecule is CCCN(S)Cc1ccc(Cl)cn1. The summed E-state index contributed by atoms with van der Waals surface area (Å²) in [4.78, 5) is 4.18. The highest BCUT2D eigenvalue weighted by atomic mass is 35.5. The summed E-state index contributed by atoms with van der Waals surface area (Å²) >= 11 is 10.0. The van der Waals surface area contributed by atoms with Gasteiger partial charge in [0.2, 0.25) is 0 Å². The van der Waals surface area contributed by atoms with Gasteiger partial charge < -0.3 is 0 Å². The summed E-state index contributed by atoms with van der Waals surface area (Å²) in [5.41, 5.74) is 0.993. The molecule has 0 saturated carbocycles. The number of hydrogen-bond donors (Lipinski definition) is 1. The van der Waals surface area contributed by atoms with E-state index in [-0.39, 0.29) is 0 Å². The quantitative estimate of drug-likeness (QED) is 0.780. The van der Waals surface area contributed by atoms with Crippen molar-refractivity contribution >= 4 is 24.4 Å². The smallest absolute Gasteiger partial charge is 0.0589 e. The van der Waals surface area contributed by atoms with Crippen LogP contribution in [0.25, 0.3) is 0 Å². The number of rotatable bonds is 4. The van der Waals surface area contributed by atoms with Gasteiger partial charge in [0.25, 0.3) is 0 Å². The van der Waals surface area contributed by atoms with E-state index < -0.39 is 0 Å². The number of aromatic nitrogens is 1. The van der Waals surface area contributed by atoms with Crippen LogP contribution in [-0.4, -0.2) is 15.8 Å². The normalized spacial score (nSPS) is 10.8. The van der Waals surface area contributed by atoms with E-state index in [4.69, 9.17) is 11.6 Å². The number of pyridine rings is 1. The van der Waals surface area contributed by atoms with Gasteiger partial charge in [0.15, 0.2) is 0 Å². The molecule has 0 bridgehead atoms. The predicted molar refractivity (Wildman–Crippen MR) is 58.9 cm³/mol. The Balaban J connectivity index is 2.49. The minimum atomic E-state index is 0.671. The second kappa shape index (κ2) is 5.47. The molecule has 1 aromatic heterocycles. The molecule has 13 heavy (non-hydrogen) atoms. The first-order chi connectivity index (χ1) is 6.22. The van der Waals surface area contributed by atoms with Crippen LogP contribution in [0.3, 0.4) is 0 Å². The molecule has 0 spiro atoms. The molecule has 0 saturated heterocycles. The van der Waals surface area contributed by atoms with Crippen LogP contribution in [0.5, 0.6) is 0 Å². The van der Waals surface area contributed by atoms with Crippen molar-refractivity contribution in [3.05, 3.63) is 29.0 Å². The monoisotopic (exact) mass is 216 g/mol. The third-order valence-electron chi connectivity index (χ3n) is 1.61. The maximum absolute atomic E-state index is 5.71. The van der Waals surface area contributed by atoms with Crippen LogP contribution in [0.2, 0.25) is 5.02 Å². The van der Waals surface area contributed by atoms with Gasteiger partial charge in [-0.3, -0.25) is 4.98 Å². The van der Waals surface area contributed by atoms with Crippen molar-refractivity contribution in [2.75, 3.05) is 6.54 Å². The van der Waals surface area contributed by atoms with Gasteiger partial charge in [0.1, 0.15) is 0 Å². The highest BCUT2D eigenvalue weighted by molar-refractivity contribution is 7.77. The summed E-state index contributed by atoms with van der Waals surface area (Å²) in [6, 6.07) is 3.76. The first-order valence-corrected chi connectivity index (χ1v) is 5.04. The van der Waals surface area contributed by atoms with Gasteiger partial charge in [0, 0.05) is 12.7 Å². The lowest BCUT2D eigenvalue weighted by Gasteiger charge is -2.12. The van der Waals surface area contributed by atoms with Gasteiger partial charge in [-0.05, 0) is 18.6 Å². The molecule has 72 valence electrons. The predicted octanol–water partition coefficient (Wildman–Crippen LogP) is 2.79. The maximum atomic E-state index is 5.71. The van der Waals surface area contributed by atoms with Crippen LogP contribution in [0.1, 0.15) is 19.0 Å². The first-order valence-electron chi connectivity index (χ1n) is 4.26. The fourth-order valence-electron chi connectivity index (χ4n) is 1.02. The molecule has 0 aliphatic heterocycles. The van der Waals surface area contributed by atoms with Crippen LogP contribution >= 0.6 is 24.4 Å². The standard InChI is InChI=1S/C9H13ClN2S/c1-2-5-12(13)7-9-4-3-8(10)6-11-9/h3-4,6,13H,2,5,7H2,1H3. The molecule has 1 heterocycles. The fourth-order valence-corrected chi connectivity index (χ4v) is 1.48. The largest absolute Gasteiger partial charge is 0.258 e. The van der Waals surface area contributed by atoms with E-state index in [0.717, 1.165) is 25.2 Å². The van der Waals surface area contributed by atoms with Gasteiger partial charge in [-0.25, -0.2) is 4.31 Å². The summed E-state index contributed by atoms with van der Waals surface area (Å²) in [7, 11) is 0. The van der Waals surface area contributed by atoms with Crippen LogP contribution in [0, 0.1) is 0 Å². The van der Waals surface area contributed by atoms with E-state index in [9.17, 15) is 0 Å². The van der Waals surface area contributed by atoms with E-state index >= 15 is 0 Å². The Kier molecular flexibility index (Phi) is 4.56. The summed E-state index contributed by atoms with van der Waals surface area (Å²) in [6.07, 6.45) is 2.75. The van der Waals surface area contributed by atoms with Gasteiger partial charge in [-0.15, -0.1) is 0 Å². The summed E-state index contributed by atoms with van der Waals surface area (Å²) < 4.78 is 1.94. The molecule has 0 radical (unpaired) electrons. The molecule has 2 nitrogen and oxygen atoms in total. The van der Waals surface area contributed by atoms with Crippen molar-refractivity contribution in [2.45, 2.75) is 19.9 Å². The lowest BCUT2D eigenvalue weighted by atomic mass is 10.3. The molecule has 1 aromatic rings. The zero-order chi connectivity index (χ0) is 9.68. The topological polar surface area (TPSA) is 16.1 Å². The summed E-state index contributed by atoms with van der Waals surface area (Å²) in [5.74, 6) is 0. The Bertz CT molecular complexity index is 250. The molecule has 0 aliphatic carbocycles. The minimum Gasteiger partial charge on any atom is -0.258 e. The molecule has 0 amide bonds. The molecule has 0 aliphatic rings. The van der Waals surface area contributed by atoms with Gasteiger partial charge in [-0.1, -0.05) is 31.3 Å². The second-order valence-electron chi connectivity index (χ2n) is 2.86. The second-order valence-corrected chi connectivity index (χ2v) is 3.86. The molecular weight excluding hydrogens is 204 g/mol. The van der Waals surface area contributed by atoms with Crippen molar-refractivity contribution in [2.24, 2.45) is 0 Å². The van der Waals surface area contributed by atoms with E-state index in [1.54, 1.807) is 6.20 Å². The first kappa shape index (κ1) is 10.8. The van der Waals surface area contributed by atoms with E-state index in [2.05, 4.69) is 24.7 Å².